The molecule has 0 heterocycles. The van der Waals surface area contributed by atoms with E-state index in [1.54, 1.807) is 0 Å². The van der Waals surface area contributed by atoms with Crippen LogP contribution in [0.5, 0.6) is 0 Å². The Balaban J connectivity index is 3.94. The summed E-state index contributed by atoms with van der Waals surface area (Å²) in [7, 11) is 0. The lowest BCUT2D eigenvalue weighted by molar-refractivity contribution is 0.289. The Hall–Kier alpha value is -0.460. The summed E-state index contributed by atoms with van der Waals surface area (Å²) in [4.78, 5) is 0. The predicted molar refractivity (Wildman–Crippen MR) is 56.1 cm³/mol. The van der Waals surface area contributed by atoms with Gasteiger partial charge in [-0.1, -0.05) is 41.2 Å². The van der Waals surface area contributed by atoms with Crippen molar-refractivity contribution in [2.45, 2.75) is 41.0 Å². The third-order valence-corrected chi connectivity index (χ3v) is 2.42. The van der Waals surface area contributed by atoms with Crippen LogP contribution in [0.1, 0.15) is 41.0 Å². The van der Waals surface area contributed by atoms with Gasteiger partial charge in [0.15, 0.2) is 0 Å². The predicted octanol–water partition coefficient (Wildman–Crippen LogP) is 3.18. The zero-order chi connectivity index (χ0) is 9.78. The van der Waals surface area contributed by atoms with E-state index in [9.17, 15) is 0 Å². The van der Waals surface area contributed by atoms with E-state index >= 15 is 0 Å². The molecule has 1 N–H and O–H groups in total. The Morgan fingerprint density at radius 3 is 2.25 bits per heavy atom. The molecular formula is C11H23N. The molecule has 1 nitrogen and oxygen atoms in total. The zero-order valence-corrected chi connectivity index (χ0v) is 9.20. The molecule has 0 amide bonds. The van der Waals surface area contributed by atoms with Crippen molar-refractivity contribution in [3.63, 3.8) is 0 Å². The average Bonchev–Trinajstić information content (AvgIpc) is 1.97. The number of allylic oxidation sites excluding steroid dienone is 1. The van der Waals surface area contributed by atoms with Gasteiger partial charge in [0, 0.05) is 18.2 Å². The molecule has 0 aromatic carbocycles. The molecule has 0 spiro atoms. The molecule has 0 bridgehead atoms. The number of nitrogens with one attached hydrogen (secondary N) is 1. The highest BCUT2D eigenvalue weighted by Crippen LogP contribution is 2.29. The van der Waals surface area contributed by atoms with Gasteiger partial charge in [0.05, 0.1) is 0 Å². The van der Waals surface area contributed by atoms with Crippen molar-refractivity contribution in [3.05, 3.63) is 12.3 Å². The molecule has 0 aromatic heterocycles. The first-order chi connectivity index (χ1) is 5.39. The third-order valence-electron chi connectivity index (χ3n) is 2.42. The van der Waals surface area contributed by atoms with Gasteiger partial charge in [-0.25, -0.2) is 0 Å². The fraction of sp³-hybridized carbons (Fsp3) is 0.818. The molecule has 1 unspecified atom stereocenters. The van der Waals surface area contributed by atoms with Gasteiger partial charge in [-0.05, 0) is 11.8 Å². The molecule has 0 aliphatic rings. The van der Waals surface area contributed by atoms with Crippen molar-refractivity contribution in [2.24, 2.45) is 11.3 Å². The van der Waals surface area contributed by atoms with Crippen molar-refractivity contribution >= 4 is 0 Å². The molecule has 0 radical (unpaired) electrons. The summed E-state index contributed by atoms with van der Waals surface area (Å²) in [6, 6.07) is 0. The molecule has 1 heteroatoms. The van der Waals surface area contributed by atoms with Crippen LogP contribution in [-0.2, 0) is 0 Å². The van der Waals surface area contributed by atoms with Gasteiger partial charge in [0.25, 0.3) is 0 Å². The van der Waals surface area contributed by atoms with E-state index in [0.29, 0.717) is 11.3 Å². The van der Waals surface area contributed by atoms with Crippen molar-refractivity contribution in [3.8, 4) is 0 Å². The Labute approximate surface area is 77.2 Å². The first-order valence-electron chi connectivity index (χ1n) is 4.82. The summed E-state index contributed by atoms with van der Waals surface area (Å²) >= 11 is 0. The van der Waals surface area contributed by atoms with Gasteiger partial charge in [-0.2, -0.15) is 0 Å². The SMILES string of the molecule is C=C(NCCC)C(C)C(C)(C)C. The summed E-state index contributed by atoms with van der Waals surface area (Å²) in [6.45, 7) is 16.2. The fourth-order valence-electron chi connectivity index (χ4n) is 0.961. The highest BCUT2D eigenvalue weighted by Gasteiger charge is 2.21. The normalized spacial score (nSPS) is 14.1. The van der Waals surface area contributed by atoms with E-state index in [1.165, 1.54) is 5.70 Å². The molecule has 1 atom stereocenters. The van der Waals surface area contributed by atoms with Gasteiger partial charge in [0.1, 0.15) is 0 Å². The quantitative estimate of drug-likeness (QED) is 0.681. The van der Waals surface area contributed by atoms with E-state index < -0.39 is 0 Å². The van der Waals surface area contributed by atoms with E-state index in [1.807, 2.05) is 0 Å². The van der Waals surface area contributed by atoms with Crippen molar-refractivity contribution < 1.29 is 0 Å². The van der Waals surface area contributed by atoms with Gasteiger partial charge < -0.3 is 5.32 Å². The largest absolute Gasteiger partial charge is 0.389 e. The second kappa shape index (κ2) is 4.54. The summed E-state index contributed by atoms with van der Waals surface area (Å²) < 4.78 is 0. The van der Waals surface area contributed by atoms with Crippen LogP contribution in [0.2, 0.25) is 0 Å². The van der Waals surface area contributed by atoms with Gasteiger partial charge in [-0.15, -0.1) is 0 Å². The summed E-state index contributed by atoms with van der Waals surface area (Å²) in [6.07, 6.45) is 1.16. The first kappa shape index (κ1) is 11.5. The van der Waals surface area contributed by atoms with Crippen molar-refractivity contribution in [2.75, 3.05) is 6.54 Å². The van der Waals surface area contributed by atoms with E-state index in [0.717, 1.165) is 13.0 Å². The maximum atomic E-state index is 4.05. The molecular weight excluding hydrogens is 146 g/mol. The molecule has 0 aliphatic carbocycles. The number of hydrogen-bond acceptors (Lipinski definition) is 1. The number of rotatable bonds is 4. The van der Waals surface area contributed by atoms with Crippen molar-refractivity contribution in [1.29, 1.82) is 0 Å². The van der Waals surface area contributed by atoms with Crippen LogP contribution in [0.15, 0.2) is 12.3 Å². The zero-order valence-electron chi connectivity index (χ0n) is 9.20. The molecule has 0 saturated carbocycles. The summed E-state index contributed by atoms with van der Waals surface area (Å²) in [5.74, 6) is 0.532. The average molecular weight is 169 g/mol. The second-order valence-corrected chi connectivity index (χ2v) is 4.54. The van der Waals surface area contributed by atoms with Crippen LogP contribution < -0.4 is 5.32 Å². The van der Waals surface area contributed by atoms with Crippen LogP contribution in [0.25, 0.3) is 0 Å². The van der Waals surface area contributed by atoms with Gasteiger partial charge in [-0.3, -0.25) is 0 Å². The lowest BCUT2D eigenvalue weighted by Gasteiger charge is -2.29. The highest BCUT2D eigenvalue weighted by molar-refractivity contribution is 5.00. The minimum Gasteiger partial charge on any atom is -0.389 e. The fourth-order valence-corrected chi connectivity index (χ4v) is 0.961. The monoisotopic (exact) mass is 169 g/mol. The van der Waals surface area contributed by atoms with Crippen LogP contribution in [-0.4, -0.2) is 6.54 Å². The van der Waals surface area contributed by atoms with E-state index in [-0.39, 0.29) is 0 Å². The molecule has 12 heavy (non-hydrogen) atoms. The molecule has 0 aromatic rings. The van der Waals surface area contributed by atoms with E-state index in [2.05, 4.69) is 46.5 Å². The third kappa shape index (κ3) is 3.80. The maximum absolute atomic E-state index is 4.05. The summed E-state index contributed by atoms with van der Waals surface area (Å²) in [5, 5.41) is 3.34. The van der Waals surface area contributed by atoms with Gasteiger partial charge >= 0.3 is 0 Å². The van der Waals surface area contributed by atoms with E-state index in [4.69, 9.17) is 0 Å². The first-order valence-corrected chi connectivity index (χ1v) is 4.82. The van der Waals surface area contributed by atoms with Gasteiger partial charge in [0.2, 0.25) is 0 Å². The Morgan fingerprint density at radius 1 is 1.42 bits per heavy atom. The Bertz CT molecular complexity index is 142. The number of hydrogen-bond donors (Lipinski definition) is 1. The molecule has 0 rings (SSSR count). The maximum Gasteiger partial charge on any atom is 0.0141 e. The lowest BCUT2D eigenvalue weighted by Crippen LogP contribution is -2.27. The summed E-state index contributed by atoms with van der Waals surface area (Å²) in [5.41, 5.74) is 1.49. The topological polar surface area (TPSA) is 12.0 Å². The molecule has 0 aliphatic heterocycles. The van der Waals surface area contributed by atoms with Crippen molar-refractivity contribution in [1.82, 2.24) is 5.32 Å². The Kier molecular flexibility index (Phi) is 4.36. The van der Waals surface area contributed by atoms with Crippen LogP contribution in [0, 0.1) is 11.3 Å². The lowest BCUT2D eigenvalue weighted by atomic mass is 9.80. The minimum absolute atomic E-state index is 0.317. The standard InChI is InChI=1S/C11H23N/c1-7-8-12-10(3)9(2)11(4,5)6/h9,12H,3,7-8H2,1-2,4-6H3. The molecule has 0 fully saturated rings. The minimum atomic E-state index is 0.317. The molecule has 72 valence electrons. The van der Waals surface area contributed by atoms with Crippen LogP contribution in [0.3, 0.4) is 0 Å². The van der Waals surface area contributed by atoms with Crippen LogP contribution >= 0.6 is 0 Å². The second-order valence-electron chi connectivity index (χ2n) is 4.54. The van der Waals surface area contributed by atoms with Crippen LogP contribution in [0.4, 0.5) is 0 Å². The highest BCUT2D eigenvalue weighted by atomic mass is 14.9. The Morgan fingerprint density at radius 2 is 1.92 bits per heavy atom. The smallest absolute Gasteiger partial charge is 0.0141 e. The molecule has 0 saturated heterocycles.